The van der Waals surface area contributed by atoms with Gasteiger partial charge in [0.25, 0.3) is 0 Å². The number of fused-ring (bicyclic) bond motifs is 7. The summed E-state index contributed by atoms with van der Waals surface area (Å²) in [5.74, 6) is 0.867. The molecule has 84 heavy (non-hydrogen) atoms. The van der Waals surface area contributed by atoms with Crippen molar-refractivity contribution in [1.29, 1.82) is 0 Å². The van der Waals surface area contributed by atoms with Crippen molar-refractivity contribution >= 4 is 54.6 Å². The topological polar surface area (TPSA) is 64.1 Å². The first-order chi connectivity index (χ1) is 40.1. The van der Waals surface area contributed by atoms with Crippen molar-refractivity contribution in [3.63, 3.8) is 0 Å². The number of aromatic hydroxyl groups is 1. The number of aryl methyl sites for hydroxylation is 2. The molecule has 0 atom stereocenters. The van der Waals surface area contributed by atoms with Gasteiger partial charge in [0.2, 0.25) is 0 Å². The Labute approximate surface area is 505 Å². The van der Waals surface area contributed by atoms with Crippen LogP contribution in [0.2, 0.25) is 0 Å². The first-order valence-corrected chi connectivity index (χ1v) is 28.7. The molecule has 14 rings (SSSR count). The molecule has 3 aromatic heterocycles. The zero-order chi connectivity index (χ0) is 56.9. The zero-order valence-electron chi connectivity index (χ0n) is 48.4. The quantitative estimate of drug-likeness (QED) is 0.122. The van der Waals surface area contributed by atoms with E-state index in [0.29, 0.717) is 22.4 Å². The van der Waals surface area contributed by atoms with Crippen LogP contribution in [-0.4, -0.2) is 19.6 Å². The van der Waals surface area contributed by atoms with E-state index in [4.69, 9.17) is 14.4 Å². The minimum absolute atomic E-state index is 0. The summed E-state index contributed by atoms with van der Waals surface area (Å²) < 4.78 is 9.07. The Morgan fingerprint density at radius 1 is 0.452 bits per heavy atom. The third kappa shape index (κ3) is 9.42. The molecule has 3 heterocycles. The summed E-state index contributed by atoms with van der Waals surface area (Å²) in [6.07, 6.45) is 0. The summed E-state index contributed by atoms with van der Waals surface area (Å²) in [6.45, 7) is 18.2. The fraction of sp³-hybridized carbons (Fsp3) is 0.128. The van der Waals surface area contributed by atoms with Gasteiger partial charge in [0.15, 0.2) is 5.82 Å². The van der Waals surface area contributed by atoms with Crippen molar-refractivity contribution in [2.24, 2.45) is 0 Å². The van der Waals surface area contributed by atoms with Gasteiger partial charge >= 0.3 is 0 Å². The van der Waals surface area contributed by atoms with Gasteiger partial charge in [-0.25, -0.2) is 9.97 Å². The molecule has 0 amide bonds. The van der Waals surface area contributed by atoms with Crippen LogP contribution >= 0.6 is 0 Å². The van der Waals surface area contributed by atoms with E-state index in [1.165, 1.54) is 11.1 Å². The molecule has 11 aromatic carbocycles. The van der Waals surface area contributed by atoms with Gasteiger partial charge in [0.05, 0.1) is 27.8 Å². The fourth-order valence-corrected chi connectivity index (χ4v) is 12.4. The Morgan fingerprint density at radius 3 is 1.67 bits per heavy atom. The summed E-state index contributed by atoms with van der Waals surface area (Å²) in [4.78, 5) is 11.4. The van der Waals surface area contributed by atoms with E-state index in [1.807, 2.05) is 30.3 Å². The smallest absolute Gasteiger partial charge is 0.163 e. The Bertz CT molecular complexity index is 4760. The predicted molar refractivity (Wildman–Crippen MR) is 347 cm³/mol. The van der Waals surface area contributed by atoms with Crippen LogP contribution in [0.3, 0.4) is 0 Å². The van der Waals surface area contributed by atoms with Crippen molar-refractivity contribution in [3.8, 4) is 89.7 Å². The van der Waals surface area contributed by atoms with E-state index in [9.17, 15) is 5.11 Å². The maximum atomic E-state index is 11.5. The Morgan fingerprint density at radius 2 is 1.02 bits per heavy atom. The maximum Gasteiger partial charge on any atom is 0.163 e. The summed E-state index contributed by atoms with van der Waals surface area (Å²) in [5, 5.41) is 16.1. The number of nitrogens with zero attached hydrogens (tertiary/aromatic N) is 3. The summed E-state index contributed by atoms with van der Waals surface area (Å²) in [7, 11) is 0. The average molecular weight is 1270 g/mol. The number of phenols is 1. The number of aromatic nitrogens is 3. The summed E-state index contributed by atoms with van der Waals surface area (Å²) >= 11 is 0. The van der Waals surface area contributed by atoms with Crippen LogP contribution in [0.15, 0.2) is 229 Å². The third-order valence-corrected chi connectivity index (χ3v) is 16.7. The second-order valence-corrected chi connectivity index (χ2v) is 24.4. The predicted octanol–water partition coefficient (Wildman–Crippen LogP) is 21.0. The number of para-hydroxylation sites is 2. The summed E-state index contributed by atoms with van der Waals surface area (Å²) in [6, 6.07) is 84.0. The van der Waals surface area contributed by atoms with E-state index in [-0.39, 0.29) is 37.6 Å². The first kappa shape index (κ1) is 54.1. The molecular weight excluding hydrogens is 1210 g/mol. The minimum atomic E-state index is -0.164. The van der Waals surface area contributed by atoms with Crippen molar-refractivity contribution in [3.05, 3.63) is 253 Å². The molecule has 0 fully saturated rings. The zero-order valence-corrected chi connectivity index (χ0v) is 50.6. The second kappa shape index (κ2) is 20.9. The SMILES string of the molecule is Cc1cccc(C)c1-n1c(-c2ccc3ccc4cccc(O)c4c3n2)nc2c(-c3[c-]cc4c(c3)oc3ccccc34)c(-c3c(-c4cc(-c5ccccc5)cc(C(C)(C)C)c4)cccc3-c3cc(-c4ccccc4)cc(C(C)(C)C)c3)ccc21.[Pt]. The molecule has 0 aliphatic carbocycles. The van der Waals surface area contributed by atoms with E-state index in [0.717, 1.165) is 127 Å². The van der Waals surface area contributed by atoms with E-state index in [1.54, 1.807) is 6.07 Å². The van der Waals surface area contributed by atoms with Gasteiger partial charge in [-0.05, 0) is 150 Å². The second-order valence-electron chi connectivity index (χ2n) is 24.4. The normalized spacial score (nSPS) is 12.0. The van der Waals surface area contributed by atoms with E-state index < -0.39 is 0 Å². The monoisotopic (exact) mass is 1270 g/mol. The molecule has 1 N–H and O–H groups in total. The number of hydrogen-bond acceptors (Lipinski definition) is 4. The van der Waals surface area contributed by atoms with Crippen LogP contribution in [0.4, 0.5) is 0 Å². The molecule has 0 saturated carbocycles. The minimum Gasteiger partial charge on any atom is -0.507 e. The molecule has 5 nitrogen and oxygen atoms in total. The number of pyridine rings is 1. The van der Waals surface area contributed by atoms with Crippen molar-refractivity contribution in [2.75, 3.05) is 0 Å². The van der Waals surface area contributed by atoms with Gasteiger partial charge in [-0.1, -0.05) is 228 Å². The Balaban J connectivity index is 0.00000658. The van der Waals surface area contributed by atoms with Crippen LogP contribution in [0.25, 0.3) is 139 Å². The number of imidazole rings is 1. The molecule has 0 spiro atoms. The van der Waals surface area contributed by atoms with Crippen molar-refractivity contribution < 1.29 is 30.6 Å². The van der Waals surface area contributed by atoms with E-state index in [2.05, 4.69) is 254 Å². The number of rotatable bonds is 8. The van der Waals surface area contributed by atoms with Gasteiger partial charge in [-0.2, -0.15) is 0 Å². The van der Waals surface area contributed by atoms with Crippen LogP contribution in [0, 0.1) is 19.9 Å². The molecule has 6 heteroatoms. The standard InChI is InChI=1S/C78H62N3O2.Pt/c1-47-20-17-21-48(2)75(47)81-66-39-37-64(70(53-34-36-63-62-27-15-16-31-68(62)83-69(63)46-53)74(66)80-76(81)65-38-35-52-33-32-51-26-18-30-67(82)71(51)73(52)79-65)72-60(56-40-54(49-22-11-9-12-23-49)42-58(44-56)77(3,4)5)28-19-29-61(72)57-41-55(50-24-13-10-14-25-50)43-59(45-57)78(6,7)8;/h9-33,35-46,82H,1-8H3;/q-1;. The third-order valence-electron chi connectivity index (χ3n) is 16.7. The number of benzene rings is 11. The molecule has 0 radical (unpaired) electrons. The van der Waals surface area contributed by atoms with Gasteiger partial charge in [0, 0.05) is 31.8 Å². The largest absolute Gasteiger partial charge is 0.507 e. The van der Waals surface area contributed by atoms with Crippen LogP contribution in [0.1, 0.15) is 63.8 Å². The molecule has 14 aromatic rings. The summed E-state index contributed by atoms with van der Waals surface area (Å²) in [5.41, 5.74) is 23.0. The first-order valence-electron chi connectivity index (χ1n) is 28.7. The average Bonchev–Trinajstić information content (AvgIpc) is 2.49. The molecule has 0 unspecified atom stereocenters. The van der Waals surface area contributed by atoms with Gasteiger partial charge in [0.1, 0.15) is 17.0 Å². The molecule has 0 bridgehead atoms. The number of furan rings is 1. The van der Waals surface area contributed by atoms with Crippen molar-refractivity contribution in [1.82, 2.24) is 14.5 Å². The molecule has 0 saturated heterocycles. The maximum absolute atomic E-state index is 11.5. The van der Waals surface area contributed by atoms with Crippen LogP contribution in [0.5, 0.6) is 5.75 Å². The molecule has 0 aliphatic heterocycles. The van der Waals surface area contributed by atoms with Gasteiger partial charge in [-0.15, -0.1) is 23.8 Å². The van der Waals surface area contributed by atoms with Gasteiger partial charge in [-0.3, -0.25) is 4.57 Å². The Hall–Kier alpha value is -9.15. The van der Waals surface area contributed by atoms with Crippen molar-refractivity contribution in [2.45, 2.75) is 66.2 Å². The molecule has 412 valence electrons. The Kier molecular flexibility index (Phi) is 13.5. The molecular formula is C78H62N3O2Pt-. The van der Waals surface area contributed by atoms with Crippen LogP contribution in [-0.2, 0) is 31.9 Å². The van der Waals surface area contributed by atoms with Crippen LogP contribution < -0.4 is 0 Å². The van der Waals surface area contributed by atoms with E-state index >= 15 is 0 Å². The number of hydrogen-bond donors (Lipinski definition) is 1. The molecule has 0 aliphatic rings. The van der Waals surface area contributed by atoms with Gasteiger partial charge < -0.3 is 9.52 Å². The number of phenolic OH excluding ortho intramolecular Hbond substituents is 1. The fourth-order valence-electron chi connectivity index (χ4n) is 12.4.